The molecule has 1 saturated heterocycles. The quantitative estimate of drug-likeness (QED) is 0.138. The molecule has 1 fully saturated rings. The van der Waals surface area contributed by atoms with Gasteiger partial charge in [0.25, 0.3) is 17.4 Å². The average Bonchev–Trinajstić information content (AvgIpc) is 3.56. The van der Waals surface area contributed by atoms with Crippen LogP contribution in [0.15, 0.2) is 77.8 Å². The first-order valence-electron chi connectivity index (χ1n) is 11.0. The molecule has 2 aromatic carbocycles. The van der Waals surface area contributed by atoms with Crippen molar-refractivity contribution in [2.24, 2.45) is 7.05 Å². The molecule has 1 aliphatic rings. The lowest BCUT2D eigenvalue weighted by Gasteiger charge is -2.24. The minimum Gasteiger partial charge on any atom is -0.507 e. The van der Waals surface area contributed by atoms with Crippen molar-refractivity contribution < 1.29 is 19.6 Å². The van der Waals surface area contributed by atoms with Crippen LogP contribution in [0, 0.1) is 10.1 Å². The van der Waals surface area contributed by atoms with Crippen molar-refractivity contribution in [3.05, 3.63) is 104 Å². The summed E-state index contributed by atoms with van der Waals surface area (Å²) < 4.78 is 2.03. The number of aliphatic hydroxyl groups is 1. The molecule has 3 heterocycles. The van der Waals surface area contributed by atoms with Crippen LogP contribution in [0.25, 0.3) is 16.7 Å². The predicted molar refractivity (Wildman–Crippen MR) is 133 cm³/mol. The Hall–Kier alpha value is -4.24. The number of likely N-dealkylation sites (tertiary alicyclic amines) is 1. The number of hydrogen-bond donors (Lipinski definition) is 1. The van der Waals surface area contributed by atoms with Crippen LogP contribution in [0.2, 0.25) is 0 Å². The maximum Gasteiger partial charge on any atom is 0.295 e. The van der Waals surface area contributed by atoms with Crippen molar-refractivity contribution >= 4 is 45.4 Å². The van der Waals surface area contributed by atoms with E-state index in [1.807, 2.05) is 59.6 Å². The lowest BCUT2D eigenvalue weighted by atomic mass is 9.99. The first-order valence-corrected chi connectivity index (χ1v) is 11.8. The molecule has 0 radical (unpaired) electrons. The minimum atomic E-state index is -0.767. The van der Waals surface area contributed by atoms with E-state index in [2.05, 4.69) is 0 Å². The molecule has 0 saturated carbocycles. The van der Waals surface area contributed by atoms with Gasteiger partial charge in [0.2, 0.25) is 0 Å². The first-order chi connectivity index (χ1) is 16.9. The minimum absolute atomic E-state index is 0.00998. The number of hydrogen-bond acceptors (Lipinski definition) is 6. The molecule has 1 amide bonds. The molecule has 1 N–H and O–H groups in total. The Morgan fingerprint density at radius 2 is 1.83 bits per heavy atom. The third kappa shape index (κ3) is 3.89. The fraction of sp³-hybridized carbons (Fsp3) is 0.154. The summed E-state index contributed by atoms with van der Waals surface area (Å²) in [6.45, 7) is 0.290. The molecule has 5 rings (SSSR count). The van der Waals surface area contributed by atoms with E-state index < -0.39 is 22.7 Å². The maximum atomic E-state index is 13.1. The Kier molecular flexibility index (Phi) is 5.70. The van der Waals surface area contributed by atoms with Crippen LogP contribution >= 0.6 is 11.3 Å². The van der Waals surface area contributed by atoms with Gasteiger partial charge in [-0.05, 0) is 41.6 Å². The standard InChI is InChI=1S/C26H21N3O5S/c1-27-15-17(19-5-2-3-6-20(19)27)12-13-28-23(21-7-4-14-35-21)22(25(31)26(28)32)24(30)16-8-10-18(11-9-16)29(33)34/h2-11,14-15,23,30H,12-13H2,1H3/b24-22-. The molecule has 2 aromatic heterocycles. The zero-order chi connectivity index (χ0) is 24.7. The van der Waals surface area contributed by atoms with E-state index in [1.54, 1.807) is 0 Å². The molecule has 8 nitrogen and oxygen atoms in total. The number of benzene rings is 2. The number of aryl methyl sites for hydroxylation is 1. The predicted octanol–water partition coefficient (Wildman–Crippen LogP) is 4.81. The van der Waals surface area contributed by atoms with E-state index in [0.29, 0.717) is 6.42 Å². The number of ketones is 1. The number of carbonyl (C=O) groups excluding carboxylic acids is 2. The van der Waals surface area contributed by atoms with Crippen LogP contribution in [-0.2, 0) is 23.1 Å². The largest absolute Gasteiger partial charge is 0.507 e. The molecule has 0 spiro atoms. The number of nitrogens with zero attached hydrogens (tertiary/aromatic N) is 3. The number of aromatic nitrogens is 1. The number of Topliss-reactive ketones (excluding diaryl/α,β-unsaturated/α-hetero) is 1. The Morgan fingerprint density at radius 1 is 1.09 bits per heavy atom. The highest BCUT2D eigenvalue weighted by atomic mass is 32.1. The van der Waals surface area contributed by atoms with Crippen molar-refractivity contribution in [1.29, 1.82) is 0 Å². The summed E-state index contributed by atoms with van der Waals surface area (Å²) in [6.07, 6.45) is 2.56. The van der Waals surface area contributed by atoms with E-state index in [0.717, 1.165) is 21.3 Å². The Morgan fingerprint density at radius 3 is 2.51 bits per heavy atom. The zero-order valence-corrected chi connectivity index (χ0v) is 19.6. The van der Waals surface area contributed by atoms with Crippen molar-refractivity contribution in [3.63, 3.8) is 0 Å². The number of amides is 1. The number of carbonyl (C=O) groups is 2. The third-order valence-electron chi connectivity index (χ3n) is 6.31. The van der Waals surface area contributed by atoms with Gasteiger partial charge < -0.3 is 14.6 Å². The smallest absolute Gasteiger partial charge is 0.295 e. The molecule has 1 atom stereocenters. The fourth-order valence-corrected chi connectivity index (χ4v) is 5.46. The molecular weight excluding hydrogens is 466 g/mol. The van der Waals surface area contributed by atoms with E-state index in [9.17, 15) is 24.8 Å². The van der Waals surface area contributed by atoms with Gasteiger partial charge in [0.1, 0.15) is 5.76 Å². The summed E-state index contributed by atoms with van der Waals surface area (Å²) in [6, 6.07) is 16.2. The second kappa shape index (κ2) is 8.84. The van der Waals surface area contributed by atoms with Crippen LogP contribution in [0.4, 0.5) is 5.69 Å². The van der Waals surface area contributed by atoms with Crippen molar-refractivity contribution in [1.82, 2.24) is 9.47 Å². The molecule has 0 aliphatic carbocycles. The second-order valence-corrected chi connectivity index (χ2v) is 9.32. The van der Waals surface area contributed by atoms with E-state index >= 15 is 0 Å². The highest BCUT2D eigenvalue weighted by molar-refractivity contribution is 7.10. The summed E-state index contributed by atoms with van der Waals surface area (Å²) in [7, 11) is 1.97. The molecule has 1 aliphatic heterocycles. The fourth-order valence-electron chi connectivity index (χ4n) is 4.62. The Labute approximate surface area is 204 Å². The van der Waals surface area contributed by atoms with Crippen LogP contribution in [-0.4, -0.2) is 37.7 Å². The lowest BCUT2D eigenvalue weighted by Crippen LogP contribution is -2.31. The van der Waals surface area contributed by atoms with Crippen molar-refractivity contribution in [3.8, 4) is 0 Å². The molecule has 0 bridgehead atoms. The number of para-hydroxylation sites is 1. The van der Waals surface area contributed by atoms with Gasteiger partial charge in [0.15, 0.2) is 0 Å². The van der Waals surface area contributed by atoms with Crippen LogP contribution in [0.1, 0.15) is 22.0 Å². The van der Waals surface area contributed by atoms with Crippen LogP contribution in [0.3, 0.4) is 0 Å². The number of fused-ring (bicyclic) bond motifs is 1. The summed E-state index contributed by atoms with van der Waals surface area (Å²) in [5.41, 5.74) is 2.24. The number of nitro groups is 1. The number of nitro benzene ring substituents is 1. The van der Waals surface area contributed by atoms with Gasteiger partial charge in [-0.1, -0.05) is 24.3 Å². The normalized spacial score (nSPS) is 17.4. The Bertz CT molecular complexity index is 1490. The molecular formula is C26H21N3O5S. The van der Waals surface area contributed by atoms with E-state index in [4.69, 9.17) is 0 Å². The maximum absolute atomic E-state index is 13.1. The highest BCUT2D eigenvalue weighted by Gasteiger charge is 2.46. The zero-order valence-electron chi connectivity index (χ0n) is 18.7. The summed E-state index contributed by atoms with van der Waals surface area (Å²) in [4.78, 5) is 39.0. The average molecular weight is 488 g/mol. The van der Waals surface area contributed by atoms with E-state index in [-0.39, 0.29) is 29.1 Å². The number of rotatable bonds is 6. The van der Waals surface area contributed by atoms with Gasteiger partial charge in [-0.25, -0.2) is 0 Å². The van der Waals surface area contributed by atoms with Gasteiger partial charge in [0.05, 0.1) is 16.5 Å². The summed E-state index contributed by atoms with van der Waals surface area (Å²) in [5, 5.41) is 25.0. The lowest BCUT2D eigenvalue weighted by molar-refractivity contribution is -0.384. The van der Waals surface area contributed by atoms with Crippen molar-refractivity contribution in [2.45, 2.75) is 12.5 Å². The van der Waals surface area contributed by atoms with Gasteiger partial charge >= 0.3 is 0 Å². The molecule has 4 aromatic rings. The van der Waals surface area contributed by atoms with Crippen molar-refractivity contribution in [2.75, 3.05) is 6.54 Å². The van der Waals surface area contributed by atoms with Gasteiger partial charge in [-0.2, -0.15) is 0 Å². The molecule has 176 valence electrons. The van der Waals surface area contributed by atoms with Crippen LogP contribution < -0.4 is 0 Å². The number of non-ortho nitro benzene ring substituents is 1. The van der Waals surface area contributed by atoms with Gasteiger partial charge in [-0.15, -0.1) is 11.3 Å². The summed E-state index contributed by atoms with van der Waals surface area (Å²) in [5.74, 6) is -1.78. The monoisotopic (exact) mass is 487 g/mol. The Balaban J connectivity index is 1.53. The van der Waals surface area contributed by atoms with Crippen LogP contribution in [0.5, 0.6) is 0 Å². The summed E-state index contributed by atoms with van der Waals surface area (Å²) >= 11 is 1.39. The van der Waals surface area contributed by atoms with E-state index in [1.165, 1.54) is 40.5 Å². The van der Waals surface area contributed by atoms with Gasteiger partial charge in [-0.3, -0.25) is 19.7 Å². The molecule has 1 unspecified atom stereocenters. The molecule has 35 heavy (non-hydrogen) atoms. The number of aliphatic hydroxyl groups excluding tert-OH is 1. The first kappa shape index (κ1) is 22.5. The highest BCUT2D eigenvalue weighted by Crippen LogP contribution is 2.41. The topological polar surface area (TPSA) is 106 Å². The SMILES string of the molecule is Cn1cc(CCN2C(=O)C(=O)/C(=C(\O)c3ccc([N+](=O)[O-])cc3)C2c2cccs2)c2ccccc21. The van der Waals surface area contributed by atoms with Gasteiger partial charge in [0, 0.05) is 53.3 Å². The molecule has 9 heteroatoms. The second-order valence-electron chi connectivity index (χ2n) is 8.34. The third-order valence-corrected chi connectivity index (χ3v) is 7.23. The number of thiophene rings is 1.